The molecule has 2 N–H and O–H groups in total. The maximum Gasteiger partial charge on any atom is 0.223 e. The van der Waals surface area contributed by atoms with Crippen molar-refractivity contribution in [1.82, 2.24) is 15.5 Å². The molecule has 1 fully saturated rings. The quantitative estimate of drug-likeness (QED) is 0.623. The molecule has 1 rings (SSSR count). The van der Waals surface area contributed by atoms with Gasteiger partial charge in [-0.15, -0.1) is 0 Å². The minimum atomic E-state index is 0.259. The fourth-order valence-corrected chi connectivity index (χ4v) is 1.55. The molecule has 0 saturated carbocycles. The van der Waals surface area contributed by atoms with E-state index in [0.717, 1.165) is 32.7 Å². The minimum absolute atomic E-state index is 0.259. The third-order valence-electron chi connectivity index (χ3n) is 2.67. The highest BCUT2D eigenvalue weighted by Gasteiger charge is 2.16. The molecule has 1 aliphatic rings. The molecule has 4 nitrogen and oxygen atoms in total. The van der Waals surface area contributed by atoms with Gasteiger partial charge in [0.15, 0.2) is 0 Å². The van der Waals surface area contributed by atoms with Crippen LogP contribution in [0.5, 0.6) is 0 Å². The highest BCUT2D eigenvalue weighted by atomic mass is 16.2. The number of rotatable bonds is 6. The van der Waals surface area contributed by atoms with E-state index in [4.69, 9.17) is 0 Å². The van der Waals surface area contributed by atoms with Gasteiger partial charge in [-0.2, -0.15) is 0 Å². The van der Waals surface area contributed by atoms with E-state index in [1.807, 2.05) is 18.7 Å². The predicted molar refractivity (Wildman–Crippen MR) is 57.2 cm³/mol. The average Bonchev–Trinajstić information content (AvgIpc) is 2.11. The molecule has 0 aromatic carbocycles. The molecular formula is C10H21N3O. The van der Waals surface area contributed by atoms with E-state index in [9.17, 15) is 4.79 Å². The molecular weight excluding hydrogens is 178 g/mol. The minimum Gasteiger partial charge on any atom is -0.343 e. The Kier molecular flexibility index (Phi) is 4.90. The summed E-state index contributed by atoms with van der Waals surface area (Å²) in [6.07, 6.45) is 0.623. The molecule has 1 aliphatic heterocycles. The molecule has 0 radical (unpaired) electrons. The number of hydrogen-bond donors (Lipinski definition) is 2. The van der Waals surface area contributed by atoms with Gasteiger partial charge in [-0.25, -0.2) is 0 Å². The van der Waals surface area contributed by atoms with Gasteiger partial charge in [0.2, 0.25) is 5.91 Å². The summed E-state index contributed by atoms with van der Waals surface area (Å²) in [6, 6.07) is 0.583. The van der Waals surface area contributed by atoms with Crippen LogP contribution in [0.15, 0.2) is 0 Å². The van der Waals surface area contributed by atoms with Crippen molar-refractivity contribution in [2.45, 2.75) is 26.3 Å². The van der Waals surface area contributed by atoms with Crippen LogP contribution in [-0.4, -0.2) is 49.6 Å². The lowest BCUT2D eigenvalue weighted by atomic mass is 10.2. The lowest BCUT2D eigenvalue weighted by Crippen LogP contribution is -2.55. The first-order valence-corrected chi connectivity index (χ1v) is 5.49. The van der Waals surface area contributed by atoms with Crippen molar-refractivity contribution in [3.63, 3.8) is 0 Å². The molecule has 0 unspecified atom stereocenters. The Morgan fingerprint density at radius 3 is 2.50 bits per heavy atom. The van der Waals surface area contributed by atoms with Crippen molar-refractivity contribution in [2.75, 3.05) is 32.7 Å². The first-order chi connectivity index (χ1) is 6.77. The van der Waals surface area contributed by atoms with Crippen molar-refractivity contribution in [3.8, 4) is 0 Å². The number of hydrogen-bond acceptors (Lipinski definition) is 3. The van der Waals surface area contributed by atoms with Crippen LogP contribution in [-0.2, 0) is 4.79 Å². The average molecular weight is 199 g/mol. The zero-order chi connectivity index (χ0) is 10.4. The molecule has 0 aliphatic carbocycles. The lowest BCUT2D eigenvalue weighted by Gasteiger charge is -2.28. The smallest absolute Gasteiger partial charge is 0.223 e. The lowest BCUT2D eigenvalue weighted by molar-refractivity contribution is -0.130. The molecule has 0 bridgehead atoms. The second kappa shape index (κ2) is 5.98. The summed E-state index contributed by atoms with van der Waals surface area (Å²) in [7, 11) is 0. The van der Waals surface area contributed by atoms with Crippen LogP contribution in [0.1, 0.15) is 20.3 Å². The van der Waals surface area contributed by atoms with Gasteiger partial charge >= 0.3 is 0 Å². The van der Waals surface area contributed by atoms with E-state index in [0.29, 0.717) is 12.5 Å². The van der Waals surface area contributed by atoms with Crippen LogP contribution in [0.25, 0.3) is 0 Å². The SMILES string of the molecule is CCN(CC)C(=O)CCNC1CNC1. The summed E-state index contributed by atoms with van der Waals surface area (Å²) in [5, 5.41) is 6.53. The predicted octanol–water partition coefficient (Wildman–Crippen LogP) is -0.194. The van der Waals surface area contributed by atoms with Gasteiger partial charge in [0, 0.05) is 45.2 Å². The van der Waals surface area contributed by atoms with E-state index in [1.54, 1.807) is 0 Å². The van der Waals surface area contributed by atoms with Crippen molar-refractivity contribution in [3.05, 3.63) is 0 Å². The van der Waals surface area contributed by atoms with E-state index >= 15 is 0 Å². The van der Waals surface area contributed by atoms with Gasteiger partial charge in [-0.3, -0.25) is 4.79 Å². The molecule has 1 heterocycles. The number of amides is 1. The second-order valence-corrected chi connectivity index (χ2v) is 3.63. The summed E-state index contributed by atoms with van der Waals surface area (Å²) in [5.41, 5.74) is 0. The first-order valence-electron chi connectivity index (χ1n) is 5.49. The Morgan fingerprint density at radius 1 is 1.43 bits per heavy atom. The van der Waals surface area contributed by atoms with Crippen LogP contribution in [0.4, 0.5) is 0 Å². The number of carbonyl (C=O) groups excluding carboxylic acids is 1. The number of carbonyl (C=O) groups is 1. The molecule has 0 atom stereocenters. The number of nitrogens with zero attached hydrogens (tertiary/aromatic N) is 1. The van der Waals surface area contributed by atoms with Crippen molar-refractivity contribution in [2.24, 2.45) is 0 Å². The van der Waals surface area contributed by atoms with Crippen molar-refractivity contribution < 1.29 is 4.79 Å². The van der Waals surface area contributed by atoms with Crippen molar-refractivity contribution >= 4 is 5.91 Å². The van der Waals surface area contributed by atoms with Gasteiger partial charge in [-0.05, 0) is 13.8 Å². The fourth-order valence-electron chi connectivity index (χ4n) is 1.55. The first kappa shape index (κ1) is 11.5. The molecule has 0 aromatic rings. The van der Waals surface area contributed by atoms with E-state index in [1.165, 1.54) is 0 Å². The molecule has 82 valence electrons. The molecule has 1 saturated heterocycles. The Labute approximate surface area is 86.0 Å². The van der Waals surface area contributed by atoms with Gasteiger partial charge in [0.25, 0.3) is 0 Å². The van der Waals surface area contributed by atoms with Crippen LogP contribution < -0.4 is 10.6 Å². The maximum atomic E-state index is 11.6. The van der Waals surface area contributed by atoms with Crippen molar-refractivity contribution in [1.29, 1.82) is 0 Å². The molecule has 14 heavy (non-hydrogen) atoms. The van der Waals surface area contributed by atoms with Crippen LogP contribution in [0, 0.1) is 0 Å². The monoisotopic (exact) mass is 199 g/mol. The van der Waals surface area contributed by atoms with E-state index < -0.39 is 0 Å². The zero-order valence-electron chi connectivity index (χ0n) is 9.18. The van der Waals surface area contributed by atoms with Crippen LogP contribution in [0.3, 0.4) is 0 Å². The highest BCUT2D eigenvalue weighted by molar-refractivity contribution is 5.76. The topological polar surface area (TPSA) is 44.4 Å². The number of nitrogens with one attached hydrogen (secondary N) is 2. The van der Waals surface area contributed by atoms with Crippen LogP contribution in [0.2, 0.25) is 0 Å². The van der Waals surface area contributed by atoms with E-state index in [2.05, 4.69) is 10.6 Å². The van der Waals surface area contributed by atoms with Crippen LogP contribution >= 0.6 is 0 Å². The summed E-state index contributed by atoms with van der Waals surface area (Å²) in [6.45, 7) is 8.57. The van der Waals surface area contributed by atoms with Gasteiger partial charge in [-0.1, -0.05) is 0 Å². The molecule has 4 heteroatoms. The zero-order valence-corrected chi connectivity index (χ0v) is 9.18. The summed E-state index contributed by atoms with van der Waals surface area (Å²) in [4.78, 5) is 13.4. The van der Waals surface area contributed by atoms with E-state index in [-0.39, 0.29) is 5.91 Å². The largest absolute Gasteiger partial charge is 0.343 e. The summed E-state index contributed by atoms with van der Waals surface area (Å²) < 4.78 is 0. The standard InChI is InChI=1S/C10H21N3O/c1-3-13(4-2)10(14)5-6-12-9-7-11-8-9/h9,11-12H,3-8H2,1-2H3. The Balaban J connectivity index is 2.06. The Morgan fingerprint density at radius 2 is 2.07 bits per heavy atom. The third kappa shape index (κ3) is 3.27. The molecule has 0 spiro atoms. The third-order valence-corrected chi connectivity index (χ3v) is 2.67. The highest BCUT2D eigenvalue weighted by Crippen LogP contribution is 1.95. The Bertz CT molecular complexity index is 176. The summed E-state index contributed by atoms with van der Waals surface area (Å²) >= 11 is 0. The van der Waals surface area contributed by atoms with Gasteiger partial charge in [0.05, 0.1) is 0 Å². The molecule has 1 amide bonds. The normalized spacial score (nSPS) is 16.4. The second-order valence-electron chi connectivity index (χ2n) is 3.63. The Hall–Kier alpha value is -0.610. The maximum absolute atomic E-state index is 11.6. The molecule has 0 aromatic heterocycles. The van der Waals surface area contributed by atoms with Gasteiger partial charge in [0.1, 0.15) is 0 Å². The fraction of sp³-hybridized carbons (Fsp3) is 0.900. The summed E-state index contributed by atoms with van der Waals surface area (Å²) in [5.74, 6) is 0.259. The van der Waals surface area contributed by atoms with Gasteiger partial charge < -0.3 is 15.5 Å².